The Bertz CT molecular complexity index is 444. The SMILES string of the molecule is C=C(c1ccccc1)n1nnnc1C. The highest BCUT2D eigenvalue weighted by molar-refractivity contribution is 5.62. The number of tetrazole rings is 1. The van der Waals surface area contributed by atoms with Crippen molar-refractivity contribution < 1.29 is 0 Å². The maximum Gasteiger partial charge on any atom is 0.153 e. The van der Waals surface area contributed by atoms with E-state index in [1.165, 1.54) is 0 Å². The first-order valence-corrected chi connectivity index (χ1v) is 4.29. The van der Waals surface area contributed by atoms with E-state index in [0.717, 1.165) is 17.1 Å². The topological polar surface area (TPSA) is 43.6 Å². The highest BCUT2D eigenvalue weighted by atomic mass is 15.5. The molecule has 0 atom stereocenters. The summed E-state index contributed by atoms with van der Waals surface area (Å²) in [6.07, 6.45) is 0. The third-order valence-electron chi connectivity index (χ3n) is 1.99. The van der Waals surface area contributed by atoms with Crippen molar-refractivity contribution in [3.63, 3.8) is 0 Å². The van der Waals surface area contributed by atoms with Crippen LogP contribution in [-0.2, 0) is 0 Å². The molecule has 0 aliphatic carbocycles. The molecule has 0 saturated heterocycles. The minimum absolute atomic E-state index is 0.735. The van der Waals surface area contributed by atoms with Gasteiger partial charge in [-0.05, 0) is 22.9 Å². The molecule has 2 rings (SSSR count). The van der Waals surface area contributed by atoms with Crippen LogP contribution in [0.2, 0.25) is 0 Å². The number of aryl methyl sites for hydroxylation is 1. The summed E-state index contributed by atoms with van der Waals surface area (Å²) in [6, 6.07) is 9.83. The van der Waals surface area contributed by atoms with Gasteiger partial charge in [-0.15, -0.1) is 5.10 Å². The van der Waals surface area contributed by atoms with Crippen molar-refractivity contribution in [1.29, 1.82) is 0 Å². The van der Waals surface area contributed by atoms with Crippen LogP contribution in [0, 0.1) is 6.92 Å². The van der Waals surface area contributed by atoms with Gasteiger partial charge in [-0.3, -0.25) is 0 Å². The summed E-state index contributed by atoms with van der Waals surface area (Å²) in [5, 5.41) is 11.2. The average molecular weight is 186 g/mol. The molecule has 4 heteroatoms. The van der Waals surface area contributed by atoms with Crippen molar-refractivity contribution in [3.8, 4) is 0 Å². The average Bonchev–Trinajstić information content (AvgIpc) is 2.65. The zero-order valence-electron chi connectivity index (χ0n) is 7.88. The molecule has 0 unspecified atom stereocenters. The molecule has 70 valence electrons. The quantitative estimate of drug-likeness (QED) is 0.713. The summed E-state index contributed by atoms with van der Waals surface area (Å²) in [4.78, 5) is 0. The minimum Gasteiger partial charge on any atom is -0.198 e. The monoisotopic (exact) mass is 186 g/mol. The van der Waals surface area contributed by atoms with E-state index in [-0.39, 0.29) is 0 Å². The number of nitrogens with zero attached hydrogens (tertiary/aromatic N) is 4. The van der Waals surface area contributed by atoms with Gasteiger partial charge in [0, 0.05) is 0 Å². The second-order valence-corrected chi connectivity index (χ2v) is 2.95. The van der Waals surface area contributed by atoms with Crippen molar-refractivity contribution >= 4 is 5.70 Å². The predicted octanol–water partition coefficient (Wildman–Crippen LogP) is 1.50. The van der Waals surface area contributed by atoms with E-state index < -0.39 is 0 Å². The maximum atomic E-state index is 3.95. The molecule has 0 bridgehead atoms. The fourth-order valence-electron chi connectivity index (χ4n) is 1.23. The number of aromatic nitrogens is 4. The van der Waals surface area contributed by atoms with E-state index in [4.69, 9.17) is 0 Å². The van der Waals surface area contributed by atoms with Crippen molar-refractivity contribution in [2.75, 3.05) is 0 Å². The fraction of sp³-hybridized carbons (Fsp3) is 0.100. The van der Waals surface area contributed by atoms with Crippen LogP contribution in [0.5, 0.6) is 0 Å². The zero-order chi connectivity index (χ0) is 9.97. The van der Waals surface area contributed by atoms with E-state index >= 15 is 0 Å². The van der Waals surface area contributed by atoms with E-state index in [0.29, 0.717) is 0 Å². The summed E-state index contributed by atoms with van der Waals surface area (Å²) >= 11 is 0. The van der Waals surface area contributed by atoms with E-state index in [1.54, 1.807) is 4.68 Å². The fourth-order valence-corrected chi connectivity index (χ4v) is 1.23. The highest BCUT2D eigenvalue weighted by Crippen LogP contribution is 2.13. The Balaban J connectivity index is 2.39. The Morgan fingerprint density at radius 2 is 2.00 bits per heavy atom. The molecule has 0 spiro atoms. The van der Waals surface area contributed by atoms with Crippen molar-refractivity contribution in [2.45, 2.75) is 6.92 Å². The standard InChI is InChI=1S/C10H10N4/c1-8(10-6-4-3-5-7-10)14-9(2)11-12-13-14/h3-7H,1H2,2H3. The maximum absolute atomic E-state index is 3.95. The smallest absolute Gasteiger partial charge is 0.153 e. The van der Waals surface area contributed by atoms with Gasteiger partial charge in [-0.25, -0.2) is 0 Å². The first-order valence-electron chi connectivity index (χ1n) is 4.29. The number of rotatable bonds is 2. The largest absolute Gasteiger partial charge is 0.198 e. The molecule has 0 radical (unpaired) electrons. The summed E-state index contributed by atoms with van der Waals surface area (Å²) in [5.74, 6) is 0.735. The first kappa shape index (κ1) is 8.62. The third kappa shape index (κ3) is 1.42. The molecule has 0 amide bonds. The Hall–Kier alpha value is -1.97. The van der Waals surface area contributed by atoms with Crippen LogP contribution in [0.25, 0.3) is 5.70 Å². The minimum atomic E-state index is 0.735. The number of hydrogen-bond donors (Lipinski definition) is 0. The van der Waals surface area contributed by atoms with Gasteiger partial charge in [0.2, 0.25) is 0 Å². The van der Waals surface area contributed by atoms with E-state index in [1.807, 2.05) is 37.3 Å². The molecule has 1 heterocycles. The van der Waals surface area contributed by atoms with Crippen molar-refractivity contribution in [1.82, 2.24) is 20.2 Å². The van der Waals surface area contributed by atoms with Gasteiger partial charge in [0.05, 0.1) is 5.70 Å². The highest BCUT2D eigenvalue weighted by Gasteiger charge is 2.05. The Kier molecular flexibility index (Phi) is 2.10. The number of benzene rings is 1. The predicted molar refractivity (Wildman–Crippen MR) is 53.4 cm³/mol. The molecule has 2 aromatic rings. The van der Waals surface area contributed by atoms with Gasteiger partial charge in [-0.1, -0.05) is 36.9 Å². The molecule has 0 saturated carbocycles. The van der Waals surface area contributed by atoms with Crippen molar-refractivity contribution in [3.05, 3.63) is 48.3 Å². The van der Waals surface area contributed by atoms with E-state index in [9.17, 15) is 0 Å². The first-order chi connectivity index (χ1) is 6.79. The molecular formula is C10H10N4. The zero-order valence-corrected chi connectivity index (χ0v) is 7.88. The van der Waals surface area contributed by atoms with Crippen LogP contribution in [0.1, 0.15) is 11.4 Å². The Morgan fingerprint density at radius 1 is 1.29 bits per heavy atom. The summed E-state index contributed by atoms with van der Waals surface area (Å²) in [7, 11) is 0. The summed E-state index contributed by atoms with van der Waals surface area (Å²) < 4.78 is 1.62. The van der Waals surface area contributed by atoms with Crippen LogP contribution in [-0.4, -0.2) is 20.2 Å². The van der Waals surface area contributed by atoms with Gasteiger partial charge in [0.15, 0.2) is 5.82 Å². The van der Waals surface area contributed by atoms with Crippen LogP contribution in [0.15, 0.2) is 36.9 Å². The lowest BCUT2D eigenvalue weighted by Gasteiger charge is -2.04. The van der Waals surface area contributed by atoms with Crippen LogP contribution < -0.4 is 0 Å². The normalized spacial score (nSPS) is 10.1. The van der Waals surface area contributed by atoms with Gasteiger partial charge in [0.1, 0.15) is 0 Å². The van der Waals surface area contributed by atoms with Gasteiger partial charge in [-0.2, -0.15) is 4.68 Å². The molecule has 4 nitrogen and oxygen atoms in total. The lowest BCUT2D eigenvalue weighted by atomic mass is 10.2. The second-order valence-electron chi connectivity index (χ2n) is 2.95. The summed E-state index contributed by atoms with van der Waals surface area (Å²) in [5.41, 5.74) is 1.80. The Morgan fingerprint density at radius 3 is 2.57 bits per heavy atom. The summed E-state index contributed by atoms with van der Waals surface area (Å²) in [6.45, 7) is 5.79. The van der Waals surface area contributed by atoms with Crippen LogP contribution in [0.4, 0.5) is 0 Å². The molecule has 0 aliphatic rings. The van der Waals surface area contributed by atoms with Crippen LogP contribution >= 0.6 is 0 Å². The lowest BCUT2D eigenvalue weighted by molar-refractivity contribution is 0.796. The van der Waals surface area contributed by atoms with Crippen molar-refractivity contribution in [2.24, 2.45) is 0 Å². The second kappa shape index (κ2) is 3.41. The van der Waals surface area contributed by atoms with Gasteiger partial charge < -0.3 is 0 Å². The molecule has 1 aromatic heterocycles. The molecule has 14 heavy (non-hydrogen) atoms. The van der Waals surface area contributed by atoms with E-state index in [2.05, 4.69) is 22.1 Å². The Labute approximate surface area is 81.9 Å². The van der Waals surface area contributed by atoms with Crippen LogP contribution in [0.3, 0.4) is 0 Å². The lowest BCUT2D eigenvalue weighted by Crippen LogP contribution is -2.01. The molecule has 0 N–H and O–H groups in total. The number of hydrogen-bond acceptors (Lipinski definition) is 3. The third-order valence-corrected chi connectivity index (χ3v) is 1.99. The van der Waals surface area contributed by atoms with Gasteiger partial charge >= 0.3 is 0 Å². The molecular weight excluding hydrogens is 176 g/mol. The molecule has 1 aromatic carbocycles. The molecule has 0 fully saturated rings. The van der Waals surface area contributed by atoms with Gasteiger partial charge in [0.25, 0.3) is 0 Å². The molecule has 0 aliphatic heterocycles.